The lowest BCUT2D eigenvalue weighted by molar-refractivity contribution is 0.329. The topological polar surface area (TPSA) is 33.6 Å². The predicted molar refractivity (Wildman–Crippen MR) is 87.3 cm³/mol. The van der Waals surface area contributed by atoms with Crippen molar-refractivity contribution < 1.29 is 4.74 Å². The molecule has 0 saturated heterocycles. The minimum atomic E-state index is 0.378. The SMILES string of the molecule is CCOC(=NC(=S)Nc1ccccc1)c1ccccc1. The highest BCUT2D eigenvalue weighted by atomic mass is 32.1. The molecule has 4 heteroatoms. The molecule has 2 aromatic rings. The van der Waals surface area contributed by atoms with E-state index in [4.69, 9.17) is 17.0 Å². The molecule has 1 N–H and O–H groups in total. The van der Waals surface area contributed by atoms with Gasteiger partial charge in [-0.3, -0.25) is 0 Å². The van der Waals surface area contributed by atoms with E-state index in [0.717, 1.165) is 11.3 Å². The van der Waals surface area contributed by atoms with E-state index in [9.17, 15) is 0 Å². The standard InChI is InChI=1S/C16H16N2OS/c1-2-19-15(13-9-5-3-6-10-13)18-16(20)17-14-11-7-4-8-12-14/h3-12H,2H2,1H3,(H,17,20). The Balaban J connectivity index is 2.15. The maximum atomic E-state index is 5.56. The first-order chi connectivity index (χ1) is 9.79. The molecule has 0 saturated carbocycles. The van der Waals surface area contributed by atoms with Crippen LogP contribution in [0.5, 0.6) is 0 Å². The minimum Gasteiger partial charge on any atom is -0.477 e. The summed E-state index contributed by atoms with van der Waals surface area (Å²) in [7, 11) is 0. The van der Waals surface area contributed by atoms with Gasteiger partial charge >= 0.3 is 0 Å². The number of nitrogens with one attached hydrogen (secondary N) is 1. The Morgan fingerprint density at radius 1 is 1.05 bits per heavy atom. The summed E-state index contributed by atoms with van der Waals surface area (Å²) in [5.41, 5.74) is 1.82. The fourth-order valence-electron chi connectivity index (χ4n) is 1.66. The normalized spacial score (nSPS) is 10.9. The van der Waals surface area contributed by atoms with Crippen LogP contribution in [0.4, 0.5) is 5.69 Å². The summed E-state index contributed by atoms with van der Waals surface area (Å²) >= 11 is 5.25. The van der Waals surface area contributed by atoms with Crippen molar-refractivity contribution in [3.8, 4) is 0 Å². The molecule has 20 heavy (non-hydrogen) atoms. The summed E-state index contributed by atoms with van der Waals surface area (Å²) in [6, 6.07) is 19.4. The molecule has 0 heterocycles. The Morgan fingerprint density at radius 3 is 2.25 bits per heavy atom. The van der Waals surface area contributed by atoms with Crippen molar-refractivity contribution in [2.45, 2.75) is 6.92 Å². The van der Waals surface area contributed by atoms with Crippen molar-refractivity contribution in [1.29, 1.82) is 0 Å². The summed E-state index contributed by atoms with van der Waals surface area (Å²) in [5.74, 6) is 0.529. The summed E-state index contributed by atoms with van der Waals surface area (Å²) < 4.78 is 5.56. The average Bonchev–Trinajstić information content (AvgIpc) is 2.49. The Labute approximate surface area is 124 Å². The number of thiocarbonyl (C=S) groups is 1. The van der Waals surface area contributed by atoms with E-state index in [1.54, 1.807) is 0 Å². The first-order valence-corrected chi connectivity index (χ1v) is 6.83. The third-order valence-corrected chi connectivity index (χ3v) is 2.72. The molecule has 0 aliphatic carbocycles. The second-order valence-electron chi connectivity index (χ2n) is 4.01. The fraction of sp³-hybridized carbons (Fsp3) is 0.125. The molecule has 2 aromatic carbocycles. The van der Waals surface area contributed by atoms with Gasteiger partial charge in [0.25, 0.3) is 0 Å². The molecule has 0 radical (unpaired) electrons. The Hall–Kier alpha value is -2.20. The van der Waals surface area contributed by atoms with Gasteiger partial charge in [0.05, 0.1) is 6.61 Å². The molecular formula is C16H16N2OS. The highest BCUT2D eigenvalue weighted by Gasteiger charge is 2.05. The lowest BCUT2D eigenvalue weighted by Gasteiger charge is -2.09. The number of ether oxygens (including phenoxy) is 1. The fourth-order valence-corrected chi connectivity index (χ4v) is 1.86. The number of hydrogen-bond acceptors (Lipinski definition) is 2. The number of aliphatic imine (C=N–C) groups is 1. The maximum absolute atomic E-state index is 5.56. The monoisotopic (exact) mass is 284 g/mol. The van der Waals surface area contributed by atoms with Crippen molar-refractivity contribution in [2.24, 2.45) is 4.99 Å². The van der Waals surface area contributed by atoms with Crippen molar-refractivity contribution in [1.82, 2.24) is 0 Å². The molecular weight excluding hydrogens is 268 g/mol. The van der Waals surface area contributed by atoms with E-state index in [1.807, 2.05) is 67.6 Å². The molecule has 0 aromatic heterocycles. The molecule has 0 aliphatic rings. The van der Waals surface area contributed by atoms with Gasteiger partial charge in [0, 0.05) is 11.3 Å². The van der Waals surface area contributed by atoms with Crippen molar-refractivity contribution in [3.63, 3.8) is 0 Å². The second kappa shape index (κ2) is 7.40. The quantitative estimate of drug-likeness (QED) is 0.528. The van der Waals surface area contributed by atoms with Crippen LogP contribution < -0.4 is 5.32 Å². The van der Waals surface area contributed by atoms with E-state index in [1.165, 1.54) is 0 Å². The van der Waals surface area contributed by atoms with Gasteiger partial charge in [-0.15, -0.1) is 0 Å². The zero-order chi connectivity index (χ0) is 14.2. The van der Waals surface area contributed by atoms with Gasteiger partial charge in [-0.2, -0.15) is 4.99 Å². The Bertz CT molecular complexity index is 582. The first kappa shape index (κ1) is 14.2. The van der Waals surface area contributed by atoms with Crippen molar-refractivity contribution >= 4 is 28.9 Å². The summed E-state index contributed by atoms with van der Waals surface area (Å²) in [5, 5.41) is 3.44. The lowest BCUT2D eigenvalue weighted by Crippen LogP contribution is -2.13. The molecule has 0 aliphatic heterocycles. The van der Waals surface area contributed by atoms with Gasteiger partial charge in [0.2, 0.25) is 11.0 Å². The number of rotatable bonds is 3. The van der Waals surface area contributed by atoms with Gasteiger partial charge in [0.15, 0.2) is 0 Å². The van der Waals surface area contributed by atoms with Crippen molar-refractivity contribution in [2.75, 3.05) is 11.9 Å². The predicted octanol–water partition coefficient (Wildman–Crippen LogP) is 3.87. The van der Waals surface area contributed by atoms with Crippen LogP contribution in [-0.2, 0) is 4.74 Å². The highest BCUT2D eigenvalue weighted by Crippen LogP contribution is 2.07. The first-order valence-electron chi connectivity index (χ1n) is 6.42. The van der Waals surface area contributed by atoms with Crippen LogP contribution in [0.3, 0.4) is 0 Å². The number of hydrogen-bond donors (Lipinski definition) is 1. The third kappa shape index (κ3) is 4.17. The molecule has 0 unspecified atom stereocenters. The minimum absolute atomic E-state index is 0.378. The molecule has 0 bridgehead atoms. The number of para-hydroxylation sites is 1. The highest BCUT2D eigenvalue weighted by molar-refractivity contribution is 7.80. The lowest BCUT2D eigenvalue weighted by atomic mass is 10.2. The van der Waals surface area contributed by atoms with E-state index in [0.29, 0.717) is 17.6 Å². The molecule has 0 spiro atoms. The molecule has 0 atom stereocenters. The van der Waals surface area contributed by atoms with E-state index in [-0.39, 0.29) is 0 Å². The van der Waals surface area contributed by atoms with Crippen LogP contribution in [0.15, 0.2) is 65.7 Å². The molecule has 102 valence electrons. The maximum Gasteiger partial charge on any atom is 0.223 e. The van der Waals surface area contributed by atoms with Crippen LogP contribution in [-0.4, -0.2) is 17.6 Å². The number of nitrogens with zero attached hydrogens (tertiary/aromatic N) is 1. The van der Waals surface area contributed by atoms with E-state index < -0.39 is 0 Å². The second-order valence-corrected chi connectivity index (χ2v) is 4.40. The molecule has 0 fully saturated rings. The van der Waals surface area contributed by atoms with Crippen LogP contribution >= 0.6 is 12.2 Å². The molecule has 2 rings (SSSR count). The zero-order valence-corrected chi connectivity index (χ0v) is 12.1. The van der Waals surface area contributed by atoms with Gasteiger partial charge in [-0.05, 0) is 43.4 Å². The zero-order valence-electron chi connectivity index (χ0n) is 11.2. The summed E-state index contributed by atoms with van der Waals surface area (Å²) in [4.78, 5) is 4.35. The molecule has 3 nitrogen and oxygen atoms in total. The number of benzene rings is 2. The Morgan fingerprint density at radius 2 is 1.65 bits per heavy atom. The van der Waals surface area contributed by atoms with Gasteiger partial charge in [0.1, 0.15) is 0 Å². The van der Waals surface area contributed by atoms with Gasteiger partial charge in [-0.1, -0.05) is 36.4 Å². The van der Waals surface area contributed by atoms with Crippen LogP contribution in [0.1, 0.15) is 12.5 Å². The largest absolute Gasteiger partial charge is 0.477 e. The van der Waals surface area contributed by atoms with E-state index >= 15 is 0 Å². The summed E-state index contributed by atoms with van der Waals surface area (Å²) in [6.45, 7) is 2.47. The average molecular weight is 284 g/mol. The van der Waals surface area contributed by atoms with E-state index in [2.05, 4.69) is 10.3 Å². The summed E-state index contributed by atoms with van der Waals surface area (Å²) in [6.07, 6.45) is 0. The number of anilines is 1. The van der Waals surface area contributed by atoms with Crippen LogP contribution in [0.25, 0.3) is 0 Å². The molecule has 0 amide bonds. The van der Waals surface area contributed by atoms with Crippen molar-refractivity contribution in [3.05, 3.63) is 66.2 Å². The third-order valence-electron chi connectivity index (χ3n) is 2.53. The van der Waals surface area contributed by atoms with Crippen LogP contribution in [0, 0.1) is 0 Å². The van der Waals surface area contributed by atoms with Gasteiger partial charge in [-0.25, -0.2) is 0 Å². The smallest absolute Gasteiger partial charge is 0.223 e. The Kier molecular flexibility index (Phi) is 5.26. The van der Waals surface area contributed by atoms with Gasteiger partial charge < -0.3 is 10.1 Å². The van der Waals surface area contributed by atoms with Crippen LogP contribution in [0.2, 0.25) is 0 Å².